The Bertz CT molecular complexity index is 2340. The fourth-order valence-electron chi connectivity index (χ4n) is 7.01. The van der Waals surface area contributed by atoms with Crippen LogP contribution >= 0.6 is 0 Å². The lowest BCUT2D eigenvalue weighted by Gasteiger charge is -2.00. The quantitative estimate of drug-likeness (QED) is 0.165. The number of hydrogen-bond donors (Lipinski definition) is 0. The van der Waals surface area contributed by atoms with E-state index in [-0.39, 0.29) is 0 Å². The molecule has 0 unspecified atom stereocenters. The van der Waals surface area contributed by atoms with Crippen molar-refractivity contribution in [1.82, 2.24) is 0 Å². The summed E-state index contributed by atoms with van der Waals surface area (Å²) in [6.45, 7) is 63.7. The van der Waals surface area contributed by atoms with Gasteiger partial charge in [-0.3, -0.25) is 0 Å². The highest BCUT2D eigenvalue weighted by Crippen LogP contribution is 2.19. The van der Waals surface area contributed by atoms with Crippen LogP contribution in [0.2, 0.25) is 0 Å². The molecule has 0 nitrogen and oxygen atoms in total. The van der Waals surface area contributed by atoms with E-state index in [2.05, 4.69) is 333 Å². The standard InChI is InChI=1S/C13H12.C12H10.C10H8.C9H8.C8H10.C5H10.C5H6.6C3H8.9C2H6/c1-3-7-12(8-4-1)11-13-9-5-2-6-10-13;1-3-7-11(8-4-1)12-9-5-2-6-10-12;1-2-6-10-8-4-3-7-9(10)5-1;1-2-5-9-7-3-6-8(9)4-1;1-2-8-6-4-3-5-7-8;2*1-2-4-5-3-1;6*1-3-2;9*1-2/h1-10H,11H2;1-10H;1-8H;1-6H,7H2;3-7H,2H2,1H3;1-5H2;1-4H,5H2;6*3H2,1-2H3;9*1-2H3. The predicted molar refractivity (Wildman–Crippen MR) is 470 cm³/mol. The van der Waals surface area contributed by atoms with Crippen molar-refractivity contribution in [2.45, 2.75) is 311 Å². The molecule has 0 spiro atoms. The van der Waals surface area contributed by atoms with E-state index in [0.29, 0.717) is 0 Å². The second-order valence-corrected chi connectivity index (χ2v) is 19.5. The lowest BCUT2D eigenvalue weighted by molar-refractivity contribution is 0.886. The van der Waals surface area contributed by atoms with Gasteiger partial charge in [-0.25, -0.2) is 0 Å². The van der Waals surface area contributed by atoms with Crippen LogP contribution in [0.3, 0.4) is 0 Å². The summed E-state index contributed by atoms with van der Waals surface area (Å²) in [7, 11) is 0. The third-order valence-corrected chi connectivity index (χ3v) is 10.5. The van der Waals surface area contributed by atoms with E-state index in [1.807, 2.05) is 143 Å². The van der Waals surface area contributed by atoms with Crippen LogP contribution in [-0.2, 0) is 19.3 Å². The zero-order valence-corrected chi connectivity index (χ0v) is 70.9. The van der Waals surface area contributed by atoms with Crippen LogP contribution in [0.1, 0.15) is 320 Å². The van der Waals surface area contributed by atoms with Crippen LogP contribution in [0.4, 0.5) is 0 Å². The van der Waals surface area contributed by atoms with Gasteiger partial charge < -0.3 is 0 Å². The Morgan fingerprint density at radius 2 is 0.459 bits per heavy atom. The minimum absolute atomic E-state index is 1.03. The highest BCUT2D eigenvalue weighted by molar-refractivity contribution is 5.82. The Hall–Kier alpha value is -6.76. The first-order valence-electron chi connectivity index (χ1n) is 40.0. The first-order valence-corrected chi connectivity index (χ1v) is 40.0. The van der Waals surface area contributed by atoms with Gasteiger partial charge in [-0.1, -0.05) is 546 Å². The van der Waals surface area contributed by atoms with Crippen molar-refractivity contribution in [3.63, 3.8) is 0 Å². The maximum atomic E-state index is 2.20. The Balaban J connectivity index is -0.0000000937. The van der Waals surface area contributed by atoms with Crippen molar-refractivity contribution in [2.75, 3.05) is 0 Å². The van der Waals surface area contributed by atoms with Gasteiger partial charge in [-0.2, -0.15) is 0 Å². The van der Waals surface area contributed by atoms with E-state index < -0.39 is 0 Å². The van der Waals surface area contributed by atoms with Gasteiger partial charge >= 0.3 is 0 Å². The normalized spacial score (nSPS) is 9.30. The highest BCUT2D eigenvalue weighted by atomic mass is 14.1. The van der Waals surface area contributed by atoms with Gasteiger partial charge in [-0.05, 0) is 75.4 Å². The fourth-order valence-corrected chi connectivity index (χ4v) is 7.01. The minimum atomic E-state index is 1.03. The van der Waals surface area contributed by atoms with E-state index in [4.69, 9.17) is 0 Å². The van der Waals surface area contributed by atoms with Crippen molar-refractivity contribution >= 4 is 16.8 Å². The Kier molecular flexibility index (Phi) is 138. The maximum Gasteiger partial charge on any atom is -0.00258 e. The summed E-state index contributed by atoms with van der Waals surface area (Å²) in [5.41, 5.74) is 9.54. The molecule has 0 aliphatic heterocycles. The molecule has 3 aliphatic rings. The van der Waals surface area contributed by atoms with Gasteiger partial charge in [-0.15, -0.1) is 0 Å². The molecule has 0 heterocycles. The monoisotopic (exact) mass is 1340 g/mol. The van der Waals surface area contributed by atoms with Gasteiger partial charge in [0.1, 0.15) is 0 Å². The van der Waals surface area contributed by atoms with Gasteiger partial charge in [0.25, 0.3) is 0 Å². The zero-order valence-electron chi connectivity index (χ0n) is 70.9. The Labute approximate surface area is 617 Å². The molecule has 1 saturated carbocycles. The van der Waals surface area contributed by atoms with E-state index in [1.54, 1.807) is 0 Å². The molecule has 3 aliphatic carbocycles. The molecule has 0 saturated heterocycles. The molecular formula is C98H166. The van der Waals surface area contributed by atoms with Crippen LogP contribution in [0.15, 0.2) is 255 Å². The van der Waals surface area contributed by atoms with Crippen LogP contribution in [0.5, 0.6) is 0 Å². The molecule has 98 heavy (non-hydrogen) atoms. The third-order valence-electron chi connectivity index (χ3n) is 10.5. The maximum absolute atomic E-state index is 2.20. The minimum Gasteiger partial charge on any atom is -0.0808 e. The summed E-state index contributed by atoms with van der Waals surface area (Å²) < 4.78 is 0. The first kappa shape index (κ1) is 115. The SMILES string of the molecule is C1=CCC=C1.C1=Cc2ccccc2C1.C1CCCC1.CC.CC.CC.CC.CC.CC.CC.CC.CC.CCC.CCC.CCC.CCC.CCC.CCC.CCc1ccccc1.c1ccc(-c2ccccc2)cc1.c1ccc(Cc2ccccc2)cc1.c1ccc2ccccc2c1. The summed E-state index contributed by atoms with van der Waals surface area (Å²) in [5, 5.41) is 2.62. The molecule has 0 heteroatoms. The van der Waals surface area contributed by atoms with Crippen molar-refractivity contribution in [2.24, 2.45) is 0 Å². The Morgan fingerprint density at radius 3 is 0.684 bits per heavy atom. The lowest BCUT2D eigenvalue weighted by atomic mass is 10.1. The van der Waals surface area contributed by atoms with E-state index in [1.165, 1.54) is 120 Å². The van der Waals surface area contributed by atoms with Crippen molar-refractivity contribution in [1.29, 1.82) is 0 Å². The molecule has 1 fully saturated rings. The molecule has 11 rings (SSSR count). The lowest BCUT2D eigenvalue weighted by Crippen LogP contribution is -1.85. The molecule has 0 amide bonds. The second kappa shape index (κ2) is 117. The molecule has 0 bridgehead atoms. The number of aryl methyl sites for hydroxylation is 1. The average Bonchev–Trinajstić information content (AvgIpc) is 1.38. The van der Waals surface area contributed by atoms with Gasteiger partial charge in [0.15, 0.2) is 0 Å². The summed E-state index contributed by atoms with van der Waals surface area (Å²) >= 11 is 0. The van der Waals surface area contributed by atoms with E-state index in [9.17, 15) is 0 Å². The van der Waals surface area contributed by atoms with Crippen LogP contribution in [-0.4, -0.2) is 0 Å². The zero-order chi connectivity index (χ0) is 77.2. The number of hydrogen-bond acceptors (Lipinski definition) is 0. The molecule has 0 aromatic heterocycles. The summed E-state index contributed by atoms with van der Waals surface area (Å²) in [6, 6.07) is 77.5. The molecule has 0 atom stereocenters. The largest absolute Gasteiger partial charge is 0.0808 e. The van der Waals surface area contributed by atoms with Crippen LogP contribution < -0.4 is 0 Å². The summed E-state index contributed by atoms with van der Waals surface area (Å²) in [6.07, 6.45) is 32.2. The van der Waals surface area contributed by atoms with E-state index >= 15 is 0 Å². The number of allylic oxidation sites excluding steroid dienone is 5. The van der Waals surface area contributed by atoms with E-state index in [0.717, 1.165) is 25.7 Å². The molecular weight excluding hydrogens is 1180 g/mol. The average molecular weight is 1340 g/mol. The fraction of sp³-hybridized carbons (Fsp3) is 0.469. The number of rotatable bonds is 4. The van der Waals surface area contributed by atoms with Crippen molar-refractivity contribution in [3.05, 3.63) is 283 Å². The molecule has 0 N–H and O–H groups in total. The van der Waals surface area contributed by atoms with Gasteiger partial charge in [0.2, 0.25) is 0 Å². The molecule has 8 aromatic carbocycles. The predicted octanol–water partition coefficient (Wildman–Crippen LogP) is 35.2. The van der Waals surface area contributed by atoms with Crippen LogP contribution in [0, 0.1) is 0 Å². The van der Waals surface area contributed by atoms with Crippen molar-refractivity contribution < 1.29 is 0 Å². The highest BCUT2D eigenvalue weighted by Gasteiger charge is 2.00. The summed E-state index contributed by atoms with van der Waals surface area (Å²) in [4.78, 5) is 0. The summed E-state index contributed by atoms with van der Waals surface area (Å²) in [5.74, 6) is 0. The Morgan fingerprint density at radius 1 is 0.235 bits per heavy atom. The van der Waals surface area contributed by atoms with Crippen molar-refractivity contribution in [3.8, 4) is 11.1 Å². The molecule has 0 radical (unpaired) electrons. The first-order chi connectivity index (χ1) is 48.3. The third kappa shape index (κ3) is 89.2. The van der Waals surface area contributed by atoms with Crippen LogP contribution in [0.25, 0.3) is 28.0 Å². The van der Waals surface area contributed by atoms with Gasteiger partial charge in [0.05, 0.1) is 0 Å². The number of benzene rings is 8. The molecule has 558 valence electrons. The molecule has 8 aromatic rings. The topological polar surface area (TPSA) is 0 Å². The smallest absolute Gasteiger partial charge is 0.00258 e. The second-order valence-electron chi connectivity index (χ2n) is 19.5. The van der Waals surface area contributed by atoms with Gasteiger partial charge in [0, 0.05) is 0 Å². The number of fused-ring (bicyclic) bond motifs is 2.